The standard InChI is InChI=1S/C13H23N5O2/c1-13(2,14)12-16-10(20-17-12)8-18-6-4-5-9(7-18)11(19)15-3/h9H,4-8,14H2,1-3H3,(H,15,19). The molecule has 7 heteroatoms. The van der Waals surface area contributed by atoms with Gasteiger partial charge >= 0.3 is 0 Å². The molecule has 1 amide bonds. The summed E-state index contributed by atoms with van der Waals surface area (Å²) in [6, 6.07) is 0. The van der Waals surface area contributed by atoms with E-state index in [0.29, 0.717) is 18.3 Å². The normalized spacial score (nSPS) is 20.9. The van der Waals surface area contributed by atoms with Crippen LogP contribution in [0.3, 0.4) is 0 Å². The van der Waals surface area contributed by atoms with Crippen LogP contribution in [0.15, 0.2) is 4.52 Å². The first kappa shape index (κ1) is 14.9. The van der Waals surface area contributed by atoms with Gasteiger partial charge < -0.3 is 15.6 Å². The first-order valence-corrected chi connectivity index (χ1v) is 6.96. The molecule has 1 atom stereocenters. The summed E-state index contributed by atoms with van der Waals surface area (Å²) in [6.45, 7) is 5.91. The van der Waals surface area contributed by atoms with Gasteiger partial charge in [0.2, 0.25) is 11.8 Å². The van der Waals surface area contributed by atoms with Crippen LogP contribution in [-0.4, -0.2) is 41.1 Å². The summed E-state index contributed by atoms with van der Waals surface area (Å²) in [5.74, 6) is 1.20. The molecule has 20 heavy (non-hydrogen) atoms. The van der Waals surface area contributed by atoms with Gasteiger partial charge in [0.25, 0.3) is 0 Å². The number of nitrogens with zero attached hydrogens (tertiary/aromatic N) is 3. The van der Waals surface area contributed by atoms with Gasteiger partial charge in [-0.3, -0.25) is 9.69 Å². The molecule has 0 spiro atoms. The predicted octanol–water partition coefficient (Wildman–Crippen LogP) is 0.221. The molecule has 0 aromatic carbocycles. The first-order chi connectivity index (χ1) is 9.40. The fourth-order valence-electron chi connectivity index (χ4n) is 2.39. The van der Waals surface area contributed by atoms with Crippen LogP contribution < -0.4 is 11.1 Å². The number of carbonyl (C=O) groups is 1. The van der Waals surface area contributed by atoms with Crippen LogP contribution in [0, 0.1) is 5.92 Å². The van der Waals surface area contributed by atoms with Gasteiger partial charge in [0, 0.05) is 13.6 Å². The van der Waals surface area contributed by atoms with E-state index < -0.39 is 5.54 Å². The molecule has 2 rings (SSSR count). The zero-order valence-corrected chi connectivity index (χ0v) is 12.3. The lowest BCUT2D eigenvalue weighted by Gasteiger charge is -2.30. The van der Waals surface area contributed by atoms with Crippen LogP contribution in [-0.2, 0) is 16.9 Å². The van der Waals surface area contributed by atoms with Crippen molar-refractivity contribution in [2.75, 3.05) is 20.1 Å². The van der Waals surface area contributed by atoms with Crippen molar-refractivity contribution >= 4 is 5.91 Å². The number of carbonyl (C=O) groups excluding carboxylic acids is 1. The highest BCUT2D eigenvalue weighted by Gasteiger charge is 2.27. The fourth-order valence-corrected chi connectivity index (χ4v) is 2.39. The second-order valence-corrected chi connectivity index (χ2v) is 5.92. The SMILES string of the molecule is CNC(=O)C1CCCN(Cc2nc(C(C)(C)N)no2)C1. The quantitative estimate of drug-likeness (QED) is 0.819. The zero-order chi connectivity index (χ0) is 14.8. The van der Waals surface area contributed by atoms with Gasteiger partial charge in [0.05, 0.1) is 18.0 Å². The van der Waals surface area contributed by atoms with E-state index in [1.165, 1.54) is 0 Å². The number of nitrogens with one attached hydrogen (secondary N) is 1. The van der Waals surface area contributed by atoms with Gasteiger partial charge in [-0.25, -0.2) is 0 Å². The van der Waals surface area contributed by atoms with Crippen LogP contribution >= 0.6 is 0 Å². The lowest BCUT2D eigenvalue weighted by molar-refractivity contribution is -0.126. The first-order valence-electron chi connectivity index (χ1n) is 6.96. The van der Waals surface area contributed by atoms with Crippen molar-refractivity contribution < 1.29 is 9.32 Å². The van der Waals surface area contributed by atoms with E-state index in [4.69, 9.17) is 10.3 Å². The van der Waals surface area contributed by atoms with Gasteiger partial charge in [0.1, 0.15) is 0 Å². The van der Waals surface area contributed by atoms with Crippen molar-refractivity contribution in [2.24, 2.45) is 11.7 Å². The van der Waals surface area contributed by atoms with Crippen LogP contribution in [0.1, 0.15) is 38.4 Å². The van der Waals surface area contributed by atoms with Crippen LogP contribution in [0.25, 0.3) is 0 Å². The Bertz CT molecular complexity index is 466. The lowest BCUT2D eigenvalue weighted by Crippen LogP contribution is -2.41. The number of amides is 1. The molecule has 1 saturated heterocycles. The van der Waals surface area contributed by atoms with Crippen molar-refractivity contribution in [3.8, 4) is 0 Å². The highest BCUT2D eigenvalue weighted by atomic mass is 16.5. The Labute approximate surface area is 118 Å². The molecule has 2 heterocycles. The summed E-state index contributed by atoms with van der Waals surface area (Å²) in [7, 11) is 1.68. The Balaban J connectivity index is 1.96. The molecule has 0 saturated carbocycles. The third-order valence-electron chi connectivity index (χ3n) is 3.53. The second-order valence-electron chi connectivity index (χ2n) is 5.92. The van der Waals surface area contributed by atoms with Gasteiger partial charge in [0.15, 0.2) is 5.82 Å². The van der Waals surface area contributed by atoms with Crippen LogP contribution in [0.2, 0.25) is 0 Å². The molecule has 1 aliphatic heterocycles. The number of likely N-dealkylation sites (tertiary alicyclic amines) is 1. The average Bonchev–Trinajstić information content (AvgIpc) is 2.86. The van der Waals surface area contributed by atoms with Crippen molar-refractivity contribution in [2.45, 2.75) is 38.8 Å². The summed E-state index contributed by atoms with van der Waals surface area (Å²) in [4.78, 5) is 18.2. The smallest absolute Gasteiger partial charge is 0.240 e. The summed E-state index contributed by atoms with van der Waals surface area (Å²) >= 11 is 0. The summed E-state index contributed by atoms with van der Waals surface area (Å²) in [5.41, 5.74) is 5.33. The van der Waals surface area contributed by atoms with Crippen molar-refractivity contribution in [1.29, 1.82) is 0 Å². The van der Waals surface area contributed by atoms with Crippen LogP contribution in [0.4, 0.5) is 0 Å². The van der Waals surface area contributed by atoms with Crippen molar-refractivity contribution in [3.05, 3.63) is 11.7 Å². The summed E-state index contributed by atoms with van der Waals surface area (Å²) < 4.78 is 5.23. The fraction of sp³-hybridized carbons (Fsp3) is 0.769. The Morgan fingerprint density at radius 3 is 2.95 bits per heavy atom. The largest absolute Gasteiger partial charge is 0.359 e. The van der Waals surface area contributed by atoms with Gasteiger partial charge in [-0.1, -0.05) is 5.16 Å². The molecular weight excluding hydrogens is 258 g/mol. The molecule has 0 aliphatic carbocycles. The molecular formula is C13H23N5O2. The van der Waals surface area contributed by atoms with E-state index in [0.717, 1.165) is 25.9 Å². The van der Waals surface area contributed by atoms with E-state index >= 15 is 0 Å². The lowest BCUT2D eigenvalue weighted by atomic mass is 9.97. The number of aromatic nitrogens is 2. The number of nitrogens with two attached hydrogens (primary N) is 1. The molecule has 112 valence electrons. The monoisotopic (exact) mass is 281 g/mol. The Kier molecular flexibility index (Phi) is 4.39. The number of rotatable bonds is 4. The molecule has 1 aromatic heterocycles. The van der Waals surface area contributed by atoms with Crippen LogP contribution in [0.5, 0.6) is 0 Å². The third-order valence-corrected chi connectivity index (χ3v) is 3.53. The molecule has 3 N–H and O–H groups in total. The Hall–Kier alpha value is -1.47. The minimum atomic E-state index is -0.603. The highest BCUT2D eigenvalue weighted by molar-refractivity contribution is 5.78. The summed E-state index contributed by atoms with van der Waals surface area (Å²) in [6.07, 6.45) is 1.93. The van der Waals surface area contributed by atoms with E-state index in [2.05, 4.69) is 20.4 Å². The van der Waals surface area contributed by atoms with Crippen molar-refractivity contribution in [1.82, 2.24) is 20.4 Å². The molecule has 0 bridgehead atoms. The minimum Gasteiger partial charge on any atom is -0.359 e. The molecule has 1 aromatic rings. The average molecular weight is 281 g/mol. The maximum atomic E-state index is 11.7. The van der Waals surface area contributed by atoms with E-state index in [1.54, 1.807) is 7.05 Å². The van der Waals surface area contributed by atoms with E-state index in [9.17, 15) is 4.79 Å². The number of hydrogen-bond acceptors (Lipinski definition) is 6. The number of hydrogen-bond donors (Lipinski definition) is 2. The molecule has 7 nitrogen and oxygen atoms in total. The molecule has 1 aliphatic rings. The van der Waals surface area contributed by atoms with E-state index in [-0.39, 0.29) is 11.8 Å². The number of piperidine rings is 1. The topological polar surface area (TPSA) is 97.3 Å². The highest BCUT2D eigenvalue weighted by Crippen LogP contribution is 2.19. The molecule has 1 unspecified atom stereocenters. The Morgan fingerprint density at radius 1 is 1.60 bits per heavy atom. The molecule has 0 radical (unpaired) electrons. The zero-order valence-electron chi connectivity index (χ0n) is 12.3. The minimum absolute atomic E-state index is 0.0436. The van der Waals surface area contributed by atoms with Gasteiger partial charge in [-0.05, 0) is 33.2 Å². The Morgan fingerprint density at radius 2 is 2.35 bits per heavy atom. The maximum absolute atomic E-state index is 11.7. The molecule has 1 fully saturated rings. The van der Waals surface area contributed by atoms with E-state index in [1.807, 2.05) is 13.8 Å². The van der Waals surface area contributed by atoms with Gasteiger partial charge in [-0.2, -0.15) is 4.98 Å². The third kappa shape index (κ3) is 3.55. The maximum Gasteiger partial charge on any atom is 0.240 e. The second kappa shape index (κ2) is 5.88. The van der Waals surface area contributed by atoms with Crippen molar-refractivity contribution in [3.63, 3.8) is 0 Å². The van der Waals surface area contributed by atoms with Gasteiger partial charge in [-0.15, -0.1) is 0 Å². The predicted molar refractivity (Wildman–Crippen MR) is 73.6 cm³/mol. The summed E-state index contributed by atoms with van der Waals surface area (Å²) in [5, 5.41) is 6.62.